The summed E-state index contributed by atoms with van der Waals surface area (Å²) in [7, 11) is 3.67. The predicted octanol–water partition coefficient (Wildman–Crippen LogP) is 1.10. The molecule has 0 saturated carbocycles. The molecule has 9 heavy (non-hydrogen) atoms. The topological polar surface area (TPSA) is 0 Å². The molecule has 1 rings (SSSR count). The van der Waals surface area contributed by atoms with Crippen LogP contribution in [0.3, 0.4) is 0 Å². The van der Waals surface area contributed by atoms with E-state index >= 15 is 0 Å². The van der Waals surface area contributed by atoms with Crippen molar-refractivity contribution < 1.29 is 13.3 Å². The van der Waals surface area contributed by atoms with Gasteiger partial charge in [-0.1, -0.05) is 0 Å². The number of alkyl halides is 2. The highest BCUT2D eigenvalue weighted by Gasteiger charge is 2.45. The van der Waals surface area contributed by atoms with Gasteiger partial charge < -0.3 is 4.48 Å². The molecule has 0 atom stereocenters. The van der Waals surface area contributed by atoms with E-state index in [1.54, 1.807) is 0 Å². The average Bonchev–Trinajstić information content (AvgIpc) is 1.78. The van der Waals surface area contributed by atoms with E-state index < -0.39 is 5.92 Å². The van der Waals surface area contributed by atoms with Gasteiger partial charge in [-0.25, -0.2) is 8.78 Å². The van der Waals surface area contributed by atoms with Gasteiger partial charge in [0.25, 0.3) is 0 Å². The van der Waals surface area contributed by atoms with Gasteiger partial charge in [-0.2, -0.15) is 0 Å². The highest BCUT2D eigenvalue weighted by atomic mass is 19.3. The Balaban J connectivity index is 2.58. The summed E-state index contributed by atoms with van der Waals surface area (Å²) in [6.07, 6.45) is 0.0556. The molecular formula is C6H12F2N+. The molecule has 1 nitrogen and oxygen atoms in total. The molecule has 1 heterocycles. The number of likely N-dealkylation sites (tertiary alicyclic amines) is 1. The second-order valence-electron chi connectivity index (χ2n) is 3.42. The van der Waals surface area contributed by atoms with Crippen LogP contribution >= 0.6 is 0 Å². The molecule has 1 fully saturated rings. The summed E-state index contributed by atoms with van der Waals surface area (Å²) < 4.78 is 25.3. The Kier molecular flexibility index (Phi) is 1.28. The van der Waals surface area contributed by atoms with Crippen LogP contribution in [0.25, 0.3) is 0 Å². The van der Waals surface area contributed by atoms with E-state index in [1.165, 1.54) is 0 Å². The zero-order valence-corrected chi connectivity index (χ0v) is 5.82. The Morgan fingerprint density at radius 1 is 1.33 bits per heavy atom. The fourth-order valence-electron chi connectivity index (χ4n) is 1.25. The van der Waals surface area contributed by atoms with Crippen molar-refractivity contribution in [1.82, 2.24) is 0 Å². The van der Waals surface area contributed by atoms with E-state index in [0.29, 0.717) is 11.0 Å². The molecular weight excluding hydrogens is 124 g/mol. The molecule has 3 heteroatoms. The van der Waals surface area contributed by atoms with Crippen molar-refractivity contribution in [2.45, 2.75) is 12.3 Å². The second kappa shape index (κ2) is 1.66. The molecule has 54 valence electrons. The minimum Gasteiger partial charge on any atom is -0.323 e. The van der Waals surface area contributed by atoms with Gasteiger partial charge in [-0.05, 0) is 0 Å². The molecule has 0 aromatic carbocycles. The molecule has 1 saturated heterocycles. The summed E-state index contributed by atoms with van der Waals surface area (Å²) in [4.78, 5) is 0. The minimum atomic E-state index is -2.40. The van der Waals surface area contributed by atoms with Gasteiger partial charge in [0.2, 0.25) is 0 Å². The lowest BCUT2D eigenvalue weighted by atomic mass is 10.3. The number of quaternary nitrogens is 1. The predicted molar refractivity (Wildman–Crippen MR) is 31.4 cm³/mol. The third-order valence-electron chi connectivity index (χ3n) is 1.74. The smallest absolute Gasteiger partial charge is 0.301 e. The van der Waals surface area contributed by atoms with Gasteiger partial charge in [-0.15, -0.1) is 0 Å². The minimum absolute atomic E-state index is 0.00694. The Labute approximate surface area is 53.9 Å². The van der Waals surface area contributed by atoms with Crippen molar-refractivity contribution in [3.63, 3.8) is 0 Å². The van der Waals surface area contributed by atoms with Crippen LogP contribution in [0.2, 0.25) is 0 Å². The van der Waals surface area contributed by atoms with Gasteiger partial charge in [0.1, 0.15) is 6.54 Å². The summed E-state index contributed by atoms with van der Waals surface area (Å²) in [6, 6.07) is 0. The first kappa shape index (κ1) is 6.93. The summed E-state index contributed by atoms with van der Waals surface area (Å²) in [6.45, 7) is 0.611. The zero-order valence-electron chi connectivity index (χ0n) is 5.82. The van der Waals surface area contributed by atoms with E-state index in [4.69, 9.17) is 0 Å². The second-order valence-corrected chi connectivity index (χ2v) is 3.42. The lowest BCUT2D eigenvalue weighted by Gasteiger charge is -2.22. The zero-order chi connectivity index (χ0) is 7.12. The van der Waals surface area contributed by atoms with Crippen molar-refractivity contribution in [3.8, 4) is 0 Å². The first-order valence-corrected chi connectivity index (χ1v) is 3.11. The lowest BCUT2D eigenvalue weighted by molar-refractivity contribution is -0.881. The molecule has 0 bridgehead atoms. The highest BCUT2D eigenvalue weighted by Crippen LogP contribution is 2.29. The maximum atomic E-state index is 12.4. The fraction of sp³-hybridized carbons (Fsp3) is 1.00. The van der Waals surface area contributed by atoms with Gasteiger partial charge in [0, 0.05) is 0 Å². The van der Waals surface area contributed by atoms with Crippen molar-refractivity contribution in [2.24, 2.45) is 0 Å². The molecule has 0 radical (unpaired) electrons. The molecule has 0 unspecified atom stereocenters. The summed E-state index contributed by atoms with van der Waals surface area (Å²) >= 11 is 0. The largest absolute Gasteiger partial charge is 0.323 e. The number of hydrogen-bond donors (Lipinski definition) is 0. The number of rotatable bonds is 0. The molecule has 0 spiro atoms. The first-order valence-electron chi connectivity index (χ1n) is 3.11. The molecule has 1 aliphatic heterocycles. The van der Waals surface area contributed by atoms with Crippen LogP contribution < -0.4 is 0 Å². The number of hydrogen-bond acceptors (Lipinski definition) is 0. The van der Waals surface area contributed by atoms with Crippen LogP contribution in [0.1, 0.15) is 6.42 Å². The van der Waals surface area contributed by atoms with Crippen LogP contribution in [0.5, 0.6) is 0 Å². The molecule has 0 aromatic heterocycles. The van der Waals surface area contributed by atoms with Crippen LogP contribution in [-0.2, 0) is 0 Å². The van der Waals surface area contributed by atoms with Gasteiger partial charge in [-0.3, -0.25) is 0 Å². The van der Waals surface area contributed by atoms with Crippen molar-refractivity contribution in [3.05, 3.63) is 0 Å². The molecule has 0 aliphatic carbocycles. The molecule has 0 aromatic rings. The van der Waals surface area contributed by atoms with Crippen LogP contribution in [0.15, 0.2) is 0 Å². The summed E-state index contributed by atoms with van der Waals surface area (Å²) in [5.74, 6) is -2.40. The van der Waals surface area contributed by atoms with Gasteiger partial charge in [0.15, 0.2) is 0 Å². The average molecular weight is 136 g/mol. The van der Waals surface area contributed by atoms with E-state index in [2.05, 4.69) is 0 Å². The van der Waals surface area contributed by atoms with E-state index in [1.807, 2.05) is 14.1 Å². The number of halogens is 2. The summed E-state index contributed by atoms with van der Waals surface area (Å²) in [5.41, 5.74) is 0. The Morgan fingerprint density at radius 2 is 1.89 bits per heavy atom. The Morgan fingerprint density at radius 3 is 2.00 bits per heavy atom. The Bertz CT molecular complexity index is 106. The maximum Gasteiger partial charge on any atom is 0.301 e. The highest BCUT2D eigenvalue weighted by molar-refractivity contribution is 4.70. The quantitative estimate of drug-likeness (QED) is 0.437. The first-order chi connectivity index (χ1) is 3.91. The van der Waals surface area contributed by atoms with E-state index in [0.717, 1.165) is 0 Å². The standard InChI is InChI=1S/C6H12F2N/c1-9(2)4-3-6(7,8)5-9/h3-5H2,1-2H3/q+1. The molecule has 0 N–H and O–H groups in total. The van der Waals surface area contributed by atoms with E-state index in [-0.39, 0.29) is 13.0 Å². The van der Waals surface area contributed by atoms with Crippen LogP contribution in [0.4, 0.5) is 8.78 Å². The monoisotopic (exact) mass is 136 g/mol. The van der Waals surface area contributed by atoms with Crippen LogP contribution in [0, 0.1) is 0 Å². The van der Waals surface area contributed by atoms with E-state index in [9.17, 15) is 8.78 Å². The van der Waals surface area contributed by atoms with Gasteiger partial charge in [0.05, 0.1) is 27.1 Å². The molecule has 1 aliphatic rings. The van der Waals surface area contributed by atoms with Crippen molar-refractivity contribution >= 4 is 0 Å². The third kappa shape index (κ3) is 1.61. The lowest BCUT2D eigenvalue weighted by Crippen LogP contribution is -2.38. The van der Waals surface area contributed by atoms with Crippen molar-refractivity contribution in [2.75, 3.05) is 27.2 Å². The number of nitrogens with zero attached hydrogens (tertiary/aromatic N) is 1. The molecule has 0 amide bonds. The van der Waals surface area contributed by atoms with Crippen molar-refractivity contribution in [1.29, 1.82) is 0 Å². The third-order valence-corrected chi connectivity index (χ3v) is 1.74. The maximum absolute atomic E-state index is 12.4. The Hall–Kier alpha value is -0.180. The van der Waals surface area contributed by atoms with Gasteiger partial charge >= 0.3 is 5.92 Å². The van der Waals surface area contributed by atoms with Crippen LogP contribution in [-0.4, -0.2) is 37.6 Å². The normalized spacial score (nSPS) is 30.7. The fourth-order valence-corrected chi connectivity index (χ4v) is 1.25. The summed E-state index contributed by atoms with van der Waals surface area (Å²) in [5, 5.41) is 0. The SMILES string of the molecule is C[N+]1(C)CCC(F)(F)C1.